The fourth-order valence-corrected chi connectivity index (χ4v) is 8.12. The molecule has 3 aromatic carbocycles. The normalized spacial score (nSPS) is 21.9. The molecule has 2 aliphatic rings. The number of ether oxygens (including phenoxy) is 2. The number of carbonyl (C=O) groups is 1. The van der Waals surface area contributed by atoms with E-state index < -0.39 is 6.29 Å². The number of aliphatic hydroxyl groups is 2. The van der Waals surface area contributed by atoms with Crippen LogP contribution in [0.1, 0.15) is 156 Å². The predicted octanol–water partition coefficient (Wildman–Crippen LogP) is 9.67. The number of carbonyl (C=O) groups excluding carboxylic acids is 1. The molecule has 0 aromatic heterocycles. The van der Waals surface area contributed by atoms with E-state index in [9.17, 15) is 15.0 Å². The summed E-state index contributed by atoms with van der Waals surface area (Å²) >= 11 is 0. The first-order chi connectivity index (χ1) is 26.1. The van der Waals surface area contributed by atoms with Crippen molar-refractivity contribution in [3.8, 4) is 0 Å². The van der Waals surface area contributed by atoms with Crippen molar-refractivity contribution >= 4 is 5.91 Å². The van der Waals surface area contributed by atoms with Gasteiger partial charge in [-0.25, -0.2) is 0 Å². The van der Waals surface area contributed by atoms with Crippen LogP contribution in [0.5, 0.6) is 0 Å². The summed E-state index contributed by atoms with van der Waals surface area (Å²) in [5.74, 6) is 0.0424. The Morgan fingerprint density at radius 2 is 1.32 bits per heavy atom. The van der Waals surface area contributed by atoms with Gasteiger partial charge in [0, 0.05) is 37.0 Å². The molecule has 0 aliphatic carbocycles. The third kappa shape index (κ3) is 13.0. The molecule has 290 valence electrons. The molecule has 3 aromatic rings. The second-order valence-corrected chi connectivity index (χ2v) is 15.4. The van der Waals surface area contributed by atoms with Crippen LogP contribution in [0.15, 0.2) is 78.9 Å². The first kappa shape index (κ1) is 41.1. The quantitative estimate of drug-likeness (QED) is 0.0844. The van der Waals surface area contributed by atoms with Gasteiger partial charge in [-0.15, -0.1) is 0 Å². The maximum absolute atomic E-state index is 12.6. The highest BCUT2D eigenvalue weighted by atomic mass is 16.7. The second-order valence-electron chi connectivity index (χ2n) is 15.4. The Kier molecular flexibility index (Phi) is 17.8. The van der Waals surface area contributed by atoms with Crippen molar-refractivity contribution in [3.05, 3.63) is 107 Å². The van der Waals surface area contributed by atoms with E-state index in [-0.39, 0.29) is 43.3 Å². The van der Waals surface area contributed by atoms with E-state index in [1.807, 2.05) is 18.2 Å². The number of amides is 1. The molecule has 7 nitrogen and oxygen atoms in total. The lowest BCUT2D eigenvalue weighted by Gasteiger charge is -2.44. The zero-order valence-electron chi connectivity index (χ0n) is 32.3. The lowest BCUT2D eigenvalue weighted by molar-refractivity contribution is -0.264. The first-order valence-electron chi connectivity index (χ1n) is 20.9. The number of aliphatic hydroxyl groups excluding tert-OH is 2. The van der Waals surface area contributed by atoms with Crippen LogP contribution in [0.25, 0.3) is 0 Å². The number of hydrogen-bond donors (Lipinski definition) is 3. The van der Waals surface area contributed by atoms with Crippen LogP contribution in [-0.4, -0.2) is 52.9 Å². The molecule has 53 heavy (non-hydrogen) atoms. The zero-order chi connectivity index (χ0) is 37.1. The van der Waals surface area contributed by atoms with Crippen molar-refractivity contribution in [2.24, 2.45) is 0 Å². The fourth-order valence-electron chi connectivity index (χ4n) is 8.12. The number of unbranched alkanes of at least 4 members (excludes halogenated alkanes) is 12. The molecular formula is C46H66N2O5. The van der Waals surface area contributed by atoms with E-state index in [1.165, 1.54) is 70.6 Å². The molecule has 3 N–H and O–H groups in total. The summed E-state index contributed by atoms with van der Waals surface area (Å²) in [7, 11) is 0. The monoisotopic (exact) mass is 726 g/mol. The average Bonchev–Trinajstić information content (AvgIpc) is 3.66. The Bertz CT molecular complexity index is 1430. The van der Waals surface area contributed by atoms with Crippen LogP contribution in [0.4, 0.5) is 0 Å². The number of likely N-dealkylation sites (tertiary alicyclic amines) is 1. The summed E-state index contributed by atoms with van der Waals surface area (Å²) < 4.78 is 13.8. The lowest BCUT2D eigenvalue weighted by Crippen LogP contribution is -2.46. The minimum Gasteiger partial charge on any atom is -0.395 e. The summed E-state index contributed by atoms with van der Waals surface area (Å²) in [6.07, 6.45) is 18.5. The van der Waals surface area contributed by atoms with Gasteiger partial charge in [-0.05, 0) is 48.1 Å². The summed E-state index contributed by atoms with van der Waals surface area (Å²) in [6.45, 7) is 4.54. The molecule has 1 unspecified atom stereocenters. The second kappa shape index (κ2) is 23.0. The van der Waals surface area contributed by atoms with Gasteiger partial charge in [0.15, 0.2) is 6.29 Å². The van der Waals surface area contributed by atoms with E-state index in [2.05, 4.69) is 77.8 Å². The highest BCUT2D eigenvalue weighted by Gasteiger charge is 2.43. The van der Waals surface area contributed by atoms with E-state index in [0.29, 0.717) is 19.5 Å². The number of benzene rings is 3. The molecule has 7 heteroatoms. The maximum atomic E-state index is 12.6. The highest BCUT2D eigenvalue weighted by Crippen LogP contribution is 2.47. The molecular weight excluding hydrogens is 661 g/mol. The Morgan fingerprint density at radius 3 is 1.94 bits per heavy atom. The molecule has 0 saturated carbocycles. The molecule has 1 amide bonds. The molecule has 2 heterocycles. The topological polar surface area (TPSA) is 91.3 Å². The van der Waals surface area contributed by atoms with Gasteiger partial charge in [-0.1, -0.05) is 163 Å². The molecule has 0 spiro atoms. The third-order valence-corrected chi connectivity index (χ3v) is 11.3. The van der Waals surface area contributed by atoms with Crippen molar-refractivity contribution in [2.45, 2.75) is 153 Å². The summed E-state index contributed by atoms with van der Waals surface area (Å²) in [4.78, 5) is 15.0. The minimum atomic E-state index is -0.586. The van der Waals surface area contributed by atoms with Gasteiger partial charge in [0.05, 0.1) is 25.4 Å². The largest absolute Gasteiger partial charge is 0.395 e. The number of hydrogen-bond acceptors (Lipinski definition) is 6. The summed E-state index contributed by atoms with van der Waals surface area (Å²) in [5, 5.41) is 23.0. The fraction of sp³-hybridized carbons (Fsp3) is 0.587. The minimum absolute atomic E-state index is 0.00791. The number of nitrogens with one attached hydrogen (secondary N) is 1. The molecule has 5 rings (SSSR count). The van der Waals surface area contributed by atoms with Crippen LogP contribution in [-0.2, 0) is 27.4 Å². The van der Waals surface area contributed by atoms with Gasteiger partial charge in [0.25, 0.3) is 0 Å². The molecule has 2 fully saturated rings. The molecule has 2 aliphatic heterocycles. The van der Waals surface area contributed by atoms with Gasteiger partial charge in [-0.3, -0.25) is 9.69 Å². The molecule has 2 saturated heterocycles. The predicted molar refractivity (Wildman–Crippen MR) is 213 cm³/mol. The molecule has 0 radical (unpaired) electrons. The standard InChI is InChI=1S/C46H66N2O5/c1-2-3-4-5-6-7-8-9-10-11-12-13-17-22-43(51)47-32-36-23-29-40(30-24-36)46-52-42(33-48-31-18-21-41(48)35-50)44(38-19-15-14-16-20-38)45(53-46)39-27-25-37(34-49)26-28-39/h14-16,19-20,23-30,41-42,44-46,49-50H,2-13,17-18,21-22,31-35H2,1H3,(H,47,51)/t41-,42+,44+,45-,46?/m0/s1. The number of rotatable bonds is 23. The molecule has 0 bridgehead atoms. The van der Waals surface area contributed by atoms with Crippen LogP contribution >= 0.6 is 0 Å². The van der Waals surface area contributed by atoms with Crippen molar-refractivity contribution in [2.75, 3.05) is 19.7 Å². The van der Waals surface area contributed by atoms with Gasteiger partial charge in [0.2, 0.25) is 5.91 Å². The Labute approximate surface area is 319 Å². The number of nitrogens with zero attached hydrogens (tertiary/aromatic N) is 1. The van der Waals surface area contributed by atoms with Crippen molar-refractivity contribution in [3.63, 3.8) is 0 Å². The van der Waals surface area contributed by atoms with Crippen LogP contribution in [0.2, 0.25) is 0 Å². The van der Waals surface area contributed by atoms with Gasteiger partial charge in [0.1, 0.15) is 0 Å². The summed E-state index contributed by atoms with van der Waals surface area (Å²) in [5.41, 5.74) is 5.02. The summed E-state index contributed by atoms with van der Waals surface area (Å²) in [6, 6.07) is 26.8. The van der Waals surface area contributed by atoms with E-state index in [1.54, 1.807) is 0 Å². The van der Waals surface area contributed by atoms with E-state index in [4.69, 9.17) is 9.47 Å². The van der Waals surface area contributed by atoms with Crippen molar-refractivity contribution in [1.82, 2.24) is 10.2 Å². The highest BCUT2D eigenvalue weighted by molar-refractivity contribution is 5.75. The van der Waals surface area contributed by atoms with Crippen LogP contribution in [0, 0.1) is 0 Å². The van der Waals surface area contributed by atoms with Crippen molar-refractivity contribution < 1.29 is 24.5 Å². The Hall–Kier alpha value is -3.07. The first-order valence-corrected chi connectivity index (χ1v) is 20.9. The van der Waals surface area contributed by atoms with E-state index >= 15 is 0 Å². The zero-order valence-corrected chi connectivity index (χ0v) is 32.3. The van der Waals surface area contributed by atoms with Crippen molar-refractivity contribution in [1.29, 1.82) is 0 Å². The SMILES string of the molecule is CCCCCCCCCCCCCCCC(=O)NCc1ccc(C2O[C@H](CN3CCC[C@H]3CO)[C@@H](c3ccccc3)[C@H](c3ccc(CO)cc3)O2)cc1. The maximum Gasteiger partial charge on any atom is 0.220 e. The van der Waals surface area contributed by atoms with Crippen LogP contribution in [0.3, 0.4) is 0 Å². The van der Waals surface area contributed by atoms with Gasteiger partial charge in [-0.2, -0.15) is 0 Å². The Morgan fingerprint density at radius 1 is 0.717 bits per heavy atom. The Balaban J connectivity index is 1.14. The van der Waals surface area contributed by atoms with E-state index in [0.717, 1.165) is 60.0 Å². The lowest BCUT2D eigenvalue weighted by atomic mass is 9.83. The average molecular weight is 727 g/mol. The smallest absolute Gasteiger partial charge is 0.220 e. The van der Waals surface area contributed by atoms with Crippen LogP contribution < -0.4 is 5.32 Å². The third-order valence-electron chi connectivity index (χ3n) is 11.3. The van der Waals surface area contributed by atoms with Gasteiger partial charge < -0.3 is 25.0 Å². The molecule has 5 atom stereocenters. The van der Waals surface area contributed by atoms with Gasteiger partial charge >= 0.3 is 0 Å².